The SMILES string of the molecule is N#CC1CCCC1NCCC1CCCO1. The summed E-state index contributed by atoms with van der Waals surface area (Å²) in [7, 11) is 0. The zero-order valence-electron chi connectivity index (χ0n) is 9.24. The van der Waals surface area contributed by atoms with Crippen LogP contribution in [-0.4, -0.2) is 25.3 Å². The van der Waals surface area contributed by atoms with Gasteiger partial charge in [0.25, 0.3) is 0 Å². The first-order valence-electron chi connectivity index (χ1n) is 6.15. The van der Waals surface area contributed by atoms with E-state index in [1.165, 1.54) is 25.7 Å². The lowest BCUT2D eigenvalue weighted by molar-refractivity contribution is 0.103. The Balaban J connectivity index is 1.62. The van der Waals surface area contributed by atoms with Crippen molar-refractivity contribution < 1.29 is 4.74 Å². The predicted octanol–water partition coefficient (Wildman–Crippen LogP) is 1.84. The van der Waals surface area contributed by atoms with Gasteiger partial charge in [0.2, 0.25) is 0 Å². The van der Waals surface area contributed by atoms with Gasteiger partial charge in [-0.25, -0.2) is 0 Å². The number of hydrogen-bond donors (Lipinski definition) is 1. The molecule has 0 aromatic heterocycles. The number of nitriles is 1. The monoisotopic (exact) mass is 208 g/mol. The summed E-state index contributed by atoms with van der Waals surface area (Å²) in [5.41, 5.74) is 0. The quantitative estimate of drug-likeness (QED) is 0.766. The summed E-state index contributed by atoms with van der Waals surface area (Å²) in [4.78, 5) is 0. The van der Waals surface area contributed by atoms with Gasteiger partial charge in [0.15, 0.2) is 0 Å². The largest absolute Gasteiger partial charge is 0.378 e. The molecule has 2 fully saturated rings. The lowest BCUT2D eigenvalue weighted by Gasteiger charge is -2.17. The molecule has 0 bridgehead atoms. The molecule has 1 aliphatic carbocycles. The fourth-order valence-corrected chi connectivity index (χ4v) is 2.66. The summed E-state index contributed by atoms with van der Waals surface area (Å²) in [6.07, 6.45) is 7.46. The Morgan fingerprint density at radius 2 is 2.20 bits per heavy atom. The molecule has 3 atom stereocenters. The van der Waals surface area contributed by atoms with Crippen LogP contribution in [0, 0.1) is 17.2 Å². The van der Waals surface area contributed by atoms with E-state index in [4.69, 9.17) is 10.00 Å². The van der Waals surface area contributed by atoms with Crippen molar-refractivity contribution >= 4 is 0 Å². The van der Waals surface area contributed by atoms with Crippen LogP contribution in [0.3, 0.4) is 0 Å². The van der Waals surface area contributed by atoms with Crippen LogP contribution in [0.5, 0.6) is 0 Å². The maximum atomic E-state index is 8.93. The van der Waals surface area contributed by atoms with E-state index < -0.39 is 0 Å². The molecule has 1 saturated heterocycles. The van der Waals surface area contributed by atoms with Crippen molar-refractivity contribution in [3.05, 3.63) is 0 Å². The second-order valence-corrected chi connectivity index (χ2v) is 4.65. The van der Waals surface area contributed by atoms with Crippen molar-refractivity contribution in [3.63, 3.8) is 0 Å². The second kappa shape index (κ2) is 5.48. The van der Waals surface area contributed by atoms with Gasteiger partial charge in [0.05, 0.1) is 18.1 Å². The Bertz CT molecular complexity index is 230. The summed E-state index contributed by atoms with van der Waals surface area (Å²) >= 11 is 0. The van der Waals surface area contributed by atoms with Gasteiger partial charge in [0, 0.05) is 12.6 Å². The number of hydrogen-bond acceptors (Lipinski definition) is 3. The molecule has 84 valence electrons. The first kappa shape index (κ1) is 10.9. The van der Waals surface area contributed by atoms with E-state index in [0.29, 0.717) is 12.1 Å². The van der Waals surface area contributed by atoms with Gasteiger partial charge < -0.3 is 10.1 Å². The van der Waals surface area contributed by atoms with E-state index in [1.54, 1.807) is 0 Å². The molecular weight excluding hydrogens is 188 g/mol. The van der Waals surface area contributed by atoms with Crippen LogP contribution in [0.25, 0.3) is 0 Å². The minimum absolute atomic E-state index is 0.245. The van der Waals surface area contributed by atoms with Gasteiger partial charge >= 0.3 is 0 Å². The van der Waals surface area contributed by atoms with Crippen molar-refractivity contribution in [1.82, 2.24) is 5.32 Å². The molecule has 1 aliphatic heterocycles. The number of rotatable bonds is 4. The van der Waals surface area contributed by atoms with E-state index in [2.05, 4.69) is 11.4 Å². The maximum Gasteiger partial charge on any atom is 0.0672 e. The second-order valence-electron chi connectivity index (χ2n) is 4.65. The highest BCUT2D eigenvalue weighted by Crippen LogP contribution is 2.25. The molecule has 1 N–H and O–H groups in total. The maximum absolute atomic E-state index is 8.93. The van der Waals surface area contributed by atoms with E-state index >= 15 is 0 Å². The van der Waals surface area contributed by atoms with Crippen molar-refractivity contribution in [3.8, 4) is 6.07 Å². The molecule has 1 saturated carbocycles. The minimum atomic E-state index is 0.245. The molecular formula is C12H20N2O. The van der Waals surface area contributed by atoms with Gasteiger partial charge in [-0.2, -0.15) is 5.26 Å². The highest BCUT2D eigenvalue weighted by atomic mass is 16.5. The lowest BCUT2D eigenvalue weighted by Crippen LogP contribution is -2.33. The summed E-state index contributed by atoms with van der Waals surface area (Å²) in [6.45, 7) is 1.95. The minimum Gasteiger partial charge on any atom is -0.378 e. The summed E-state index contributed by atoms with van der Waals surface area (Å²) in [5, 5.41) is 12.4. The standard InChI is InChI=1S/C12H20N2O/c13-9-10-3-1-5-12(10)14-7-6-11-4-2-8-15-11/h10-12,14H,1-8H2. The van der Waals surface area contributed by atoms with Gasteiger partial charge in [-0.05, 0) is 38.6 Å². The molecule has 1 heterocycles. The molecule has 0 spiro atoms. The molecule has 2 aliphatic rings. The van der Waals surface area contributed by atoms with Gasteiger partial charge in [-0.3, -0.25) is 0 Å². The number of nitrogens with one attached hydrogen (secondary N) is 1. The van der Waals surface area contributed by atoms with Crippen molar-refractivity contribution in [2.24, 2.45) is 5.92 Å². The summed E-state index contributed by atoms with van der Waals surface area (Å²) in [6, 6.07) is 2.84. The number of ether oxygens (including phenoxy) is 1. The first-order chi connectivity index (χ1) is 7.40. The normalized spacial score (nSPS) is 35.5. The average molecular weight is 208 g/mol. The highest BCUT2D eigenvalue weighted by molar-refractivity contribution is 4.96. The molecule has 2 rings (SSSR count). The predicted molar refractivity (Wildman–Crippen MR) is 58.3 cm³/mol. The first-order valence-corrected chi connectivity index (χ1v) is 6.15. The third kappa shape index (κ3) is 2.93. The van der Waals surface area contributed by atoms with Gasteiger partial charge in [-0.15, -0.1) is 0 Å². The molecule has 3 heteroatoms. The Hall–Kier alpha value is -0.590. The smallest absolute Gasteiger partial charge is 0.0672 e. The van der Waals surface area contributed by atoms with Crippen LogP contribution in [0.2, 0.25) is 0 Å². The van der Waals surface area contributed by atoms with Crippen molar-refractivity contribution in [2.45, 2.75) is 50.7 Å². The van der Waals surface area contributed by atoms with Crippen molar-refractivity contribution in [2.75, 3.05) is 13.2 Å². The van der Waals surface area contributed by atoms with E-state index in [-0.39, 0.29) is 5.92 Å². The zero-order valence-corrected chi connectivity index (χ0v) is 9.24. The van der Waals surface area contributed by atoms with Crippen LogP contribution in [0.4, 0.5) is 0 Å². The van der Waals surface area contributed by atoms with E-state index in [1.807, 2.05) is 0 Å². The van der Waals surface area contributed by atoms with Crippen LogP contribution >= 0.6 is 0 Å². The summed E-state index contributed by atoms with van der Waals surface area (Å²) in [5.74, 6) is 0.245. The molecule has 3 nitrogen and oxygen atoms in total. The Morgan fingerprint density at radius 1 is 1.27 bits per heavy atom. The van der Waals surface area contributed by atoms with Crippen molar-refractivity contribution in [1.29, 1.82) is 5.26 Å². The van der Waals surface area contributed by atoms with Crippen LogP contribution in [-0.2, 0) is 4.74 Å². The lowest BCUT2D eigenvalue weighted by atomic mass is 10.1. The molecule has 15 heavy (non-hydrogen) atoms. The Labute approximate surface area is 91.8 Å². The topological polar surface area (TPSA) is 45.0 Å². The van der Waals surface area contributed by atoms with E-state index in [9.17, 15) is 0 Å². The fourth-order valence-electron chi connectivity index (χ4n) is 2.66. The third-order valence-corrected chi connectivity index (χ3v) is 3.58. The average Bonchev–Trinajstić information content (AvgIpc) is 2.88. The highest BCUT2D eigenvalue weighted by Gasteiger charge is 2.26. The van der Waals surface area contributed by atoms with E-state index in [0.717, 1.165) is 26.0 Å². The summed E-state index contributed by atoms with van der Waals surface area (Å²) < 4.78 is 5.57. The van der Waals surface area contributed by atoms with Crippen LogP contribution in [0.15, 0.2) is 0 Å². The van der Waals surface area contributed by atoms with Gasteiger partial charge in [-0.1, -0.05) is 6.42 Å². The zero-order chi connectivity index (χ0) is 10.5. The molecule has 3 unspecified atom stereocenters. The Morgan fingerprint density at radius 3 is 2.93 bits per heavy atom. The van der Waals surface area contributed by atoms with Crippen LogP contribution in [0.1, 0.15) is 38.5 Å². The molecule has 0 aromatic carbocycles. The fraction of sp³-hybridized carbons (Fsp3) is 0.917. The van der Waals surface area contributed by atoms with Gasteiger partial charge in [0.1, 0.15) is 0 Å². The molecule has 0 radical (unpaired) electrons. The van der Waals surface area contributed by atoms with Crippen LogP contribution < -0.4 is 5.32 Å². The Kier molecular flexibility index (Phi) is 3.99. The number of nitrogens with zero attached hydrogens (tertiary/aromatic N) is 1. The third-order valence-electron chi connectivity index (χ3n) is 3.58. The molecule has 0 amide bonds. The molecule has 0 aromatic rings.